The zero-order chi connectivity index (χ0) is 14.0. The number of carbonyl (C=O) groups is 3. The first-order chi connectivity index (χ1) is 8.99. The number of benzene rings is 1. The Kier molecular flexibility index (Phi) is 3.50. The van der Waals surface area contributed by atoms with Crippen molar-refractivity contribution in [2.24, 2.45) is 5.92 Å². The van der Waals surface area contributed by atoms with Crippen LogP contribution in [0.15, 0.2) is 24.3 Å². The van der Waals surface area contributed by atoms with Crippen molar-refractivity contribution in [2.45, 2.75) is 13.3 Å². The monoisotopic (exact) mass is 262 g/mol. The third-order valence-corrected chi connectivity index (χ3v) is 3.00. The van der Waals surface area contributed by atoms with Crippen LogP contribution in [0.3, 0.4) is 0 Å². The lowest BCUT2D eigenvalue weighted by Gasteiger charge is -2.16. The highest BCUT2D eigenvalue weighted by atomic mass is 16.4. The van der Waals surface area contributed by atoms with Crippen LogP contribution in [0, 0.1) is 5.92 Å². The van der Waals surface area contributed by atoms with Gasteiger partial charge in [-0.2, -0.15) is 0 Å². The van der Waals surface area contributed by atoms with Gasteiger partial charge >= 0.3 is 5.97 Å². The van der Waals surface area contributed by atoms with Crippen LogP contribution in [-0.4, -0.2) is 29.4 Å². The molecule has 6 heteroatoms. The molecule has 19 heavy (non-hydrogen) atoms. The number of aliphatic carboxylic acids is 1. The van der Waals surface area contributed by atoms with Gasteiger partial charge in [-0.3, -0.25) is 14.4 Å². The van der Waals surface area contributed by atoms with Gasteiger partial charge in [-0.1, -0.05) is 0 Å². The van der Waals surface area contributed by atoms with Gasteiger partial charge in [0.25, 0.3) is 0 Å². The third kappa shape index (κ3) is 2.73. The molecule has 0 radical (unpaired) electrons. The summed E-state index contributed by atoms with van der Waals surface area (Å²) in [4.78, 5) is 35.1. The molecule has 0 bridgehead atoms. The number of hydrogen-bond acceptors (Lipinski definition) is 3. The predicted octanol–water partition coefficient (Wildman–Crippen LogP) is 1.08. The Morgan fingerprint density at radius 2 is 1.95 bits per heavy atom. The summed E-state index contributed by atoms with van der Waals surface area (Å²) < 4.78 is 0. The molecule has 1 unspecified atom stereocenters. The highest BCUT2D eigenvalue weighted by Crippen LogP contribution is 2.26. The maximum Gasteiger partial charge on any atom is 0.316 e. The lowest BCUT2D eigenvalue weighted by Crippen LogP contribution is -2.30. The predicted molar refractivity (Wildman–Crippen MR) is 68.8 cm³/mol. The van der Waals surface area contributed by atoms with E-state index >= 15 is 0 Å². The van der Waals surface area contributed by atoms with Gasteiger partial charge in [0.1, 0.15) is 5.92 Å². The van der Waals surface area contributed by atoms with Crippen molar-refractivity contribution in [3.05, 3.63) is 24.3 Å². The number of carboxylic acid groups (broad SMARTS) is 1. The summed E-state index contributed by atoms with van der Waals surface area (Å²) >= 11 is 0. The number of carboxylic acids is 1. The SMILES string of the molecule is CC(=O)Nc1ccc(N2CCC(C(=O)O)C2=O)cc1. The summed E-state index contributed by atoms with van der Waals surface area (Å²) in [5, 5.41) is 11.5. The standard InChI is InChI=1S/C13H14N2O4/c1-8(16)14-9-2-4-10(5-3-9)15-7-6-11(12(15)17)13(18)19/h2-5,11H,6-7H2,1H3,(H,14,16)(H,18,19). The average molecular weight is 262 g/mol. The fourth-order valence-corrected chi connectivity index (χ4v) is 2.09. The van der Waals surface area contributed by atoms with Crippen LogP contribution in [0.4, 0.5) is 11.4 Å². The normalized spacial score (nSPS) is 18.5. The van der Waals surface area contributed by atoms with Gasteiger partial charge in [0.2, 0.25) is 11.8 Å². The second-order valence-electron chi connectivity index (χ2n) is 4.40. The number of carbonyl (C=O) groups excluding carboxylic acids is 2. The molecular formula is C13H14N2O4. The van der Waals surface area contributed by atoms with E-state index in [0.717, 1.165) is 0 Å². The molecule has 1 saturated heterocycles. The molecule has 0 aliphatic carbocycles. The van der Waals surface area contributed by atoms with Gasteiger partial charge in [-0.15, -0.1) is 0 Å². The molecule has 1 aromatic rings. The van der Waals surface area contributed by atoms with E-state index in [9.17, 15) is 14.4 Å². The smallest absolute Gasteiger partial charge is 0.316 e. The van der Waals surface area contributed by atoms with E-state index in [1.165, 1.54) is 11.8 Å². The summed E-state index contributed by atoms with van der Waals surface area (Å²) in [6, 6.07) is 6.73. The number of rotatable bonds is 3. The Morgan fingerprint density at radius 3 is 2.42 bits per heavy atom. The van der Waals surface area contributed by atoms with Crippen molar-refractivity contribution < 1.29 is 19.5 Å². The number of amides is 2. The Bertz CT molecular complexity index is 524. The highest BCUT2D eigenvalue weighted by molar-refractivity contribution is 6.07. The Morgan fingerprint density at radius 1 is 1.32 bits per heavy atom. The summed E-state index contributed by atoms with van der Waals surface area (Å²) in [6.45, 7) is 1.81. The fraction of sp³-hybridized carbons (Fsp3) is 0.308. The van der Waals surface area contributed by atoms with Crippen LogP contribution in [0.25, 0.3) is 0 Å². The van der Waals surface area contributed by atoms with Crippen LogP contribution < -0.4 is 10.2 Å². The van der Waals surface area contributed by atoms with E-state index in [0.29, 0.717) is 24.3 Å². The summed E-state index contributed by atoms with van der Waals surface area (Å²) in [5.41, 5.74) is 1.28. The maximum absolute atomic E-state index is 11.9. The van der Waals surface area contributed by atoms with Crippen LogP contribution in [0.1, 0.15) is 13.3 Å². The van der Waals surface area contributed by atoms with Gasteiger partial charge in [0.05, 0.1) is 0 Å². The van der Waals surface area contributed by atoms with E-state index in [1.54, 1.807) is 24.3 Å². The fourth-order valence-electron chi connectivity index (χ4n) is 2.09. The highest BCUT2D eigenvalue weighted by Gasteiger charge is 2.37. The number of nitrogens with zero attached hydrogens (tertiary/aromatic N) is 1. The molecule has 0 spiro atoms. The van der Waals surface area contributed by atoms with Crippen molar-refractivity contribution in [3.63, 3.8) is 0 Å². The van der Waals surface area contributed by atoms with E-state index < -0.39 is 11.9 Å². The van der Waals surface area contributed by atoms with Gasteiger partial charge in [-0.25, -0.2) is 0 Å². The van der Waals surface area contributed by atoms with Crippen molar-refractivity contribution in [3.8, 4) is 0 Å². The Balaban J connectivity index is 2.13. The van der Waals surface area contributed by atoms with Crippen molar-refractivity contribution in [1.82, 2.24) is 0 Å². The van der Waals surface area contributed by atoms with Crippen molar-refractivity contribution in [1.29, 1.82) is 0 Å². The zero-order valence-corrected chi connectivity index (χ0v) is 10.4. The maximum atomic E-state index is 11.9. The van der Waals surface area contributed by atoms with Crippen LogP contribution in [0.5, 0.6) is 0 Å². The molecule has 100 valence electrons. The number of nitrogens with one attached hydrogen (secondary N) is 1. The quantitative estimate of drug-likeness (QED) is 0.798. The molecule has 6 nitrogen and oxygen atoms in total. The zero-order valence-electron chi connectivity index (χ0n) is 10.4. The molecular weight excluding hydrogens is 248 g/mol. The molecule has 1 fully saturated rings. The molecule has 1 aliphatic rings. The molecule has 1 heterocycles. The van der Waals surface area contributed by atoms with E-state index in [4.69, 9.17) is 5.11 Å². The van der Waals surface area contributed by atoms with Crippen LogP contribution in [-0.2, 0) is 14.4 Å². The molecule has 2 rings (SSSR count). The van der Waals surface area contributed by atoms with Gasteiger partial charge in [-0.05, 0) is 30.7 Å². The first kappa shape index (κ1) is 13.1. The van der Waals surface area contributed by atoms with Gasteiger partial charge in [0, 0.05) is 24.8 Å². The second kappa shape index (κ2) is 5.09. The van der Waals surface area contributed by atoms with Crippen LogP contribution in [0.2, 0.25) is 0 Å². The molecule has 1 aliphatic heterocycles. The van der Waals surface area contributed by atoms with E-state index in [2.05, 4.69) is 5.32 Å². The molecule has 2 amide bonds. The Labute approximate surface area is 110 Å². The number of anilines is 2. The average Bonchev–Trinajstić information content (AvgIpc) is 2.71. The molecule has 0 aromatic heterocycles. The van der Waals surface area contributed by atoms with Gasteiger partial charge < -0.3 is 15.3 Å². The first-order valence-corrected chi connectivity index (χ1v) is 5.91. The van der Waals surface area contributed by atoms with Gasteiger partial charge in [0.15, 0.2) is 0 Å². The second-order valence-corrected chi connectivity index (χ2v) is 4.40. The minimum absolute atomic E-state index is 0.170. The summed E-state index contributed by atoms with van der Waals surface area (Å²) in [5.74, 6) is -2.59. The minimum atomic E-state index is -1.08. The molecule has 1 atom stereocenters. The number of hydrogen-bond donors (Lipinski definition) is 2. The topological polar surface area (TPSA) is 86.7 Å². The molecule has 1 aromatic carbocycles. The molecule has 2 N–H and O–H groups in total. The molecule has 0 saturated carbocycles. The van der Waals surface area contributed by atoms with E-state index in [1.807, 2.05) is 0 Å². The first-order valence-electron chi connectivity index (χ1n) is 5.91. The Hall–Kier alpha value is -2.37. The lowest BCUT2D eigenvalue weighted by atomic mass is 10.1. The summed E-state index contributed by atoms with van der Waals surface area (Å²) in [6.07, 6.45) is 0.321. The lowest BCUT2D eigenvalue weighted by molar-refractivity contribution is -0.144. The van der Waals surface area contributed by atoms with Crippen molar-refractivity contribution in [2.75, 3.05) is 16.8 Å². The van der Waals surface area contributed by atoms with E-state index in [-0.39, 0.29) is 11.8 Å². The minimum Gasteiger partial charge on any atom is -0.481 e. The van der Waals surface area contributed by atoms with Crippen molar-refractivity contribution >= 4 is 29.2 Å². The third-order valence-electron chi connectivity index (χ3n) is 3.00. The summed E-state index contributed by atoms with van der Waals surface area (Å²) in [7, 11) is 0. The van der Waals surface area contributed by atoms with Crippen LogP contribution >= 0.6 is 0 Å². The largest absolute Gasteiger partial charge is 0.481 e.